The summed E-state index contributed by atoms with van der Waals surface area (Å²) in [5, 5.41) is 0. The Kier molecular flexibility index (Phi) is 3.23. The molecule has 3 atom stereocenters. The van der Waals surface area contributed by atoms with Gasteiger partial charge in [-0.25, -0.2) is 0 Å². The minimum atomic E-state index is -1.41. The molecule has 0 aromatic heterocycles. The highest BCUT2D eigenvalue weighted by molar-refractivity contribution is 6.21. The number of hydrogen-bond donors (Lipinski definition) is 0. The van der Waals surface area contributed by atoms with Crippen LogP contribution in [0.15, 0.2) is 54.6 Å². The molecule has 0 saturated heterocycles. The van der Waals surface area contributed by atoms with Crippen LogP contribution in [0.3, 0.4) is 0 Å². The molecule has 1 fully saturated rings. The third-order valence-corrected chi connectivity index (χ3v) is 5.85. The van der Waals surface area contributed by atoms with Crippen LogP contribution in [0.5, 0.6) is 5.75 Å². The Labute approximate surface area is 145 Å². The lowest BCUT2D eigenvalue weighted by Gasteiger charge is -2.22. The van der Waals surface area contributed by atoms with Crippen LogP contribution < -0.4 is 4.74 Å². The first-order valence-corrected chi connectivity index (χ1v) is 8.44. The van der Waals surface area contributed by atoms with Gasteiger partial charge in [0.05, 0.1) is 5.41 Å². The lowest BCUT2D eigenvalue weighted by molar-refractivity contribution is -0.148. The van der Waals surface area contributed by atoms with Gasteiger partial charge in [0.15, 0.2) is 5.78 Å². The normalized spacial score (nSPS) is 29.2. The molecule has 2 aromatic carbocycles. The SMILES string of the molecule is CC[C@@]1(C(=O)c2ccccc2)[C@@H]2c3ccccc3OC(=O)[C@@]21C(C)=O. The van der Waals surface area contributed by atoms with E-state index in [-0.39, 0.29) is 11.6 Å². The Morgan fingerprint density at radius 1 is 1.04 bits per heavy atom. The van der Waals surface area contributed by atoms with E-state index in [1.807, 2.05) is 25.1 Å². The van der Waals surface area contributed by atoms with Crippen molar-refractivity contribution in [3.8, 4) is 5.75 Å². The van der Waals surface area contributed by atoms with Crippen molar-refractivity contribution < 1.29 is 19.1 Å². The molecule has 2 aliphatic rings. The molecule has 25 heavy (non-hydrogen) atoms. The second kappa shape index (κ2) is 5.12. The highest BCUT2D eigenvalue weighted by atomic mass is 16.5. The van der Waals surface area contributed by atoms with Gasteiger partial charge in [0.1, 0.15) is 16.9 Å². The summed E-state index contributed by atoms with van der Waals surface area (Å²) >= 11 is 0. The zero-order valence-electron chi connectivity index (χ0n) is 14.1. The number of benzene rings is 2. The number of carbonyl (C=O) groups excluding carboxylic acids is 3. The van der Waals surface area contributed by atoms with E-state index in [0.29, 0.717) is 17.7 Å². The number of ether oxygens (including phenoxy) is 1. The van der Waals surface area contributed by atoms with E-state index in [1.54, 1.807) is 36.4 Å². The zero-order chi connectivity index (χ0) is 17.8. The van der Waals surface area contributed by atoms with Crippen molar-refractivity contribution in [2.45, 2.75) is 26.2 Å². The van der Waals surface area contributed by atoms with Crippen molar-refractivity contribution in [3.63, 3.8) is 0 Å². The molecule has 0 unspecified atom stereocenters. The standard InChI is InChI=1S/C21H18O4/c1-3-20(18(23)14-9-5-4-6-10-14)17-15-11-7-8-12-16(15)25-19(24)21(17,20)13(2)22/h4-12,17H,3H2,1-2H3/t17-,20-,21+/m0/s1. The molecule has 0 spiro atoms. The summed E-state index contributed by atoms with van der Waals surface area (Å²) in [6.45, 7) is 3.25. The molecule has 4 heteroatoms. The molecule has 1 aliphatic heterocycles. The lowest BCUT2D eigenvalue weighted by atomic mass is 9.81. The smallest absolute Gasteiger partial charge is 0.326 e. The van der Waals surface area contributed by atoms with E-state index in [0.717, 1.165) is 5.56 Å². The second-order valence-corrected chi connectivity index (χ2v) is 6.74. The monoisotopic (exact) mass is 334 g/mol. The van der Waals surface area contributed by atoms with E-state index >= 15 is 0 Å². The Morgan fingerprint density at radius 3 is 2.32 bits per heavy atom. The average molecular weight is 334 g/mol. The van der Waals surface area contributed by atoms with Crippen LogP contribution in [0, 0.1) is 10.8 Å². The van der Waals surface area contributed by atoms with Gasteiger partial charge in [-0.15, -0.1) is 0 Å². The van der Waals surface area contributed by atoms with Gasteiger partial charge in [-0.2, -0.15) is 0 Å². The third-order valence-electron chi connectivity index (χ3n) is 5.85. The van der Waals surface area contributed by atoms with Crippen LogP contribution in [0.2, 0.25) is 0 Å². The Bertz CT molecular complexity index is 901. The van der Waals surface area contributed by atoms with Gasteiger partial charge in [0.2, 0.25) is 0 Å². The number of carbonyl (C=O) groups is 3. The maximum Gasteiger partial charge on any atom is 0.326 e. The molecular weight excluding hydrogens is 316 g/mol. The van der Waals surface area contributed by atoms with Crippen molar-refractivity contribution in [2.75, 3.05) is 0 Å². The lowest BCUT2D eigenvalue weighted by Crippen LogP contribution is -2.38. The van der Waals surface area contributed by atoms with E-state index in [4.69, 9.17) is 4.74 Å². The third kappa shape index (κ3) is 1.69. The van der Waals surface area contributed by atoms with E-state index < -0.39 is 22.7 Å². The molecule has 0 N–H and O–H groups in total. The minimum Gasteiger partial charge on any atom is -0.425 e. The fourth-order valence-electron chi connectivity index (χ4n) is 4.79. The molecular formula is C21H18O4. The number of rotatable bonds is 4. The number of ketones is 2. The van der Waals surface area contributed by atoms with E-state index in [2.05, 4.69) is 0 Å². The summed E-state index contributed by atoms with van der Waals surface area (Å²) in [5.74, 6) is -1.08. The second-order valence-electron chi connectivity index (χ2n) is 6.74. The summed E-state index contributed by atoms with van der Waals surface area (Å²) in [4.78, 5) is 38.9. The molecule has 0 bridgehead atoms. The van der Waals surface area contributed by atoms with Crippen LogP contribution >= 0.6 is 0 Å². The first kappa shape index (κ1) is 15.8. The molecule has 126 valence electrons. The first-order valence-electron chi connectivity index (χ1n) is 8.44. The van der Waals surface area contributed by atoms with E-state index in [1.165, 1.54) is 6.92 Å². The maximum absolute atomic E-state index is 13.4. The van der Waals surface area contributed by atoms with Gasteiger partial charge in [-0.05, 0) is 19.4 Å². The van der Waals surface area contributed by atoms with Gasteiger partial charge < -0.3 is 4.74 Å². The van der Waals surface area contributed by atoms with Gasteiger partial charge in [-0.1, -0.05) is 55.5 Å². The fourth-order valence-corrected chi connectivity index (χ4v) is 4.79. The molecule has 1 saturated carbocycles. The van der Waals surface area contributed by atoms with Crippen molar-refractivity contribution in [3.05, 3.63) is 65.7 Å². The zero-order valence-corrected chi connectivity index (χ0v) is 14.1. The first-order chi connectivity index (χ1) is 12.0. The average Bonchev–Trinajstić information content (AvgIpc) is 3.29. The molecule has 0 amide bonds. The largest absolute Gasteiger partial charge is 0.425 e. The quantitative estimate of drug-likeness (QED) is 0.371. The van der Waals surface area contributed by atoms with Crippen molar-refractivity contribution in [2.24, 2.45) is 10.8 Å². The molecule has 1 aliphatic carbocycles. The molecule has 4 nitrogen and oxygen atoms in total. The fraction of sp³-hybridized carbons (Fsp3) is 0.286. The van der Waals surface area contributed by atoms with Crippen LogP contribution in [0.1, 0.15) is 42.1 Å². The van der Waals surface area contributed by atoms with Crippen LogP contribution in [-0.2, 0) is 9.59 Å². The van der Waals surface area contributed by atoms with Gasteiger partial charge in [0, 0.05) is 17.0 Å². The number of esters is 1. The summed E-state index contributed by atoms with van der Waals surface area (Å²) in [6, 6.07) is 16.0. The van der Waals surface area contributed by atoms with Gasteiger partial charge in [0.25, 0.3) is 0 Å². The molecule has 0 radical (unpaired) electrons. The van der Waals surface area contributed by atoms with Gasteiger partial charge >= 0.3 is 5.97 Å². The van der Waals surface area contributed by atoms with Crippen LogP contribution in [-0.4, -0.2) is 17.5 Å². The summed E-state index contributed by atoms with van der Waals surface area (Å²) < 4.78 is 5.48. The van der Waals surface area contributed by atoms with Crippen molar-refractivity contribution >= 4 is 17.5 Å². The minimum absolute atomic E-state index is 0.163. The Morgan fingerprint density at radius 2 is 1.68 bits per heavy atom. The highest BCUT2D eigenvalue weighted by Crippen LogP contribution is 2.80. The molecule has 4 rings (SSSR count). The predicted molar refractivity (Wildman–Crippen MR) is 91.4 cm³/mol. The van der Waals surface area contributed by atoms with Crippen molar-refractivity contribution in [1.29, 1.82) is 0 Å². The summed E-state index contributed by atoms with van der Waals surface area (Å²) in [6.07, 6.45) is 0.397. The Balaban J connectivity index is 1.96. The van der Waals surface area contributed by atoms with E-state index in [9.17, 15) is 14.4 Å². The number of hydrogen-bond acceptors (Lipinski definition) is 4. The molecule has 2 aromatic rings. The van der Waals surface area contributed by atoms with Gasteiger partial charge in [-0.3, -0.25) is 14.4 Å². The summed E-state index contributed by atoms with van der Waals surface area (Å²) in [5.41, 5.74) is -1.21. The van der Waals surface area contributed by atoms with Crippen molar-refractivity contribution in [1.82, 2.24) is 0 Å². The highest BCUT2D eigenvalue weighted by Gasteiger charge is 2.87. The number of para-hydroxylation sites is 1. The summed E-state index contributed by atoms with van der Waals surface area (Å²) in [7, 11) is 0. The number of Topliss-reactive ketones (excluding diaryl/α,β-unsaturated/α-hetero) is 2. The maximum atomic E-state index is 13.4. The predicted octanol–water partition coefficient (Wildman–Crippen LogP) is 3.56. The topological polar surface area (TPSA) is 60.4 Å². The van der Waals surface area contributed by atoms with Crippen LogP contribution in [0.25, 0.3) is 0 Å². The number of fused-ring (bicyclic) bond motifs is 3. The Hall–Kier alpha value is -2.75. The molecule has 1 heterocycles. The van der Waals surface area contributed by atoms with Crippen LogP contribution in [0.4, 0.5) is 0 Å².